The van der Waals surface area contributed by atoms with Gasteiger partial charge in [-0.1, -0.05) is 30.3 Å². The van der Waals surface area contributed by atoms with E-state index in [0.29, 0.717) is 5.69 Å². The number of aliphatic hydroxyl groups is 1. The number of nitrogens with two attached hydrogens (primary N) is 1. The van der Waals surface area contributed by atoms with Crippen molar-refractivity contribution in [2.45, 2.75) is 6.10 Å². The zero-order valence-corrected chi connectivity index (χ0v) is 11.1. The summed E-state index contributed by atoms with van der Waals surface area (Å²) in [5, 5.41) is 13.0. The van der Waals surface area contributed by atoms with Crippen molar-refractivity contribution in [2.24, 2.45) is 0 Å². The molecule has 1 unspecified atom stereocenters. The van der Waals surface area contributed by atoms with Crippen LogP contribution in [0.25, 0.3) is 0 Å². The standard InChI is InChI=1S/C15H17FN2O2/c1-20-15-8-13(12(17)7-11(15)16)18-9-14(19)10-5-3-2-4-6-10/h2-8,14,18-19H,9,17H2,1H3. The molecule has 0 aromatic heterocycles. The number of benzene rings is 2. The molecule has 0 saturated carbocycles. The Labute approximate surface area is 117 Å². The van der Waals surface area contributed by atoms with Crippen LogP contribution in [0.4, 0.5) is 15.8 Å². The van der Waals surface area contributed by atoms with Gasteiger partial charge in [-0.2, -0.15) is 0 Å². The second-order valence-electron chi connectivity index (χ2n) is 4.38. The predicted octanol–water partition coefficient (Wildman–Crippen LogP) is 2.56. The van der Waals surface area contributed by atoms with Crippen molar-refractivity contribution in [3.05, 3.63) is 53.8 Å². The number of nitrogen functional groups attached to an aromatic ring is 1. The molecule has 0 saturated heterocycles. The van der Waals surface area contributed by atoms with E-state index in [4.69, 9.17) is 10.5 Å². The van der Waals surface area contributed by atoms with Crippen LogP contribution in [0.5, 0.6) is 5.75 Å². The summed E-state index contributed by atoms with van der Waals surface area (Å²) in [5.74, 6) is -0.407. The normalized spacial score (nSPS) is 11.9. The van der Waals surface area contributed by atoms with Gasteiger partial charge in [0.25, 0.3) is 0 Å². The Balaban J connectivity index is 2.07. The Morgan fingerprint density at radius 3 is 2.65 bits per heavy atom. The third kappa shape index (κ3) is 3.19. The van der Waals surface area contributed by atoms with E-state index < -0.39 is 11.9 Å². The van der Waals surface area contributed by atoms with E-state index in [1.807, 2.05) is 30.3 Å². The molecule has 0 aliphatic carbocycles. The summed E-state index contributed by atoms with van der Waals surface area (Å²) < 4.78 is 18.3. The van der Waals surface area contributed by atoms with Crippen LogP contribution in [0.15, 0.2) is 42.5 Å². The van der Waals surface area contributed by atoms with Crippen LogP contribution >= 0.6 is 0 Å². The van der Waals surface area contributed by atoms with Crippen molar-refractivity contribution in [1.82, 2.24) is 0 Å². The Kier molecular flexibility index (Phi) is 4.42. The van der Waals surface area contributed by atoms with Gasteiger partial charge in [0, 0.05) is 18.7 Å². The van der Waals surface area contributed by atoms with Crippen LogP contribution in [-0.4, -0.2) is 18.8 Å². The maximum absolute atomic E-state index is 13.4. The highest BCUT2D eigenvalue weighted by Gasteiger charge is 2.11. The molecule has 1 atom stereocenters. The van der Waals surface area contributed by atoms with Gasteiger partial charge in [0.2, 0.25) is 0 Å². The fourth-order valence-corrected chi connectivity index (χ4v) is 1.88. The number of hydrogen-bond donors (Lipinski definition) is 3. The molecular formula is C15H17FN2O2. The van der Waals surface area contributed by atoms with E-state index in [2.05, 4.69) is 5.32 Å². The highest BCUT2D eigenvalue weighted by Crippen LogP contribution is 2.28. The molecule has 0 spiro atoms. The van der Waals surface area contributed by atoms with Gasteiger partial charge in [0.15, 0.2) is 11.6 Å². The van der Waals surface area contributed by atoms with Crippen LogP contribution in [0.1, 0.15) is 11.7 Å². The number of aliphatic hydroxyl groups excluding tert-OH is 1. The first-order valence-corrected chi connectivity index (χ1v) is 6.21. The highest BCUT2D eigenvalue weighted by atomic mass is 19.1. The first-order chi connectivity index (χ1) is 9.61. The molecule has 4 N–H and O–H groups in total. The quantitative estimate of drug-likeness (QED) is 0.734. The smallest absolute Gasteiger partial charge is 0.167 e. The summed E-state index contributed by atoms with van der Waals surface area (Å²) >= 11 is 0. The van der Waals surface area contributed by atoms with Crippen LogP contribution in [0.2, 0.25) is 0 Å². The Hall–Kier alpha value is -2.27. The average molecular weight is 276 g/mol. The van der Waals surface area contributed by atoms with Crippen molar-refractivity contribution in [1.29, 1.82) is 0 Å². The molecule has 0 amide bonds. The van der Waals surface area contributed by atoms with E-state index in [-0.39, 0.29) is 18.0 Å². The van der Waals surface area contributed by atoms with Gasteiger partial charge < -0.3 is 20.9 Å². The summed E-state index contributed by atoms with van der Waals surface area (Å²) in [6, 6.07) is 11.9. The minimum absolute atomic E-state index is 0.107. The maximum atomic E-state index is 13.4. The lowest BCUT2D eigenvalue weighted by Gasteiger charge is -2.15. The van der Waals surface area contributed by atoms with Crippen molar-refractivity contribution in [3.8, 4) is 5.75 Å². The van der Waals surface area contributed by atoms with Crippen LogP contribution in [-0.2, 0) is 0 Å². The van der Waals surface area contributed by atoms with Crippen LogP contribution in [0, 0.1) is 5.82 Å². The van der Waals surface area contributed by atoms with E-state index in [1.165, 1.54) is 19.2 Å². The van der Waals surface area contributed by atoms with Crippen LogP contribution < -0.4 is 15.8 Å². The molecule has 0 radical (unpaired) electrons. The Bertz CT molecular complexity index is 576. The fourth-order valence-electron chi connectivity index (χ4n) is 1.88. The van der Waals surface area contributed by atoms with E-state index in [1.54, 1.807) is 0 Å². The molecular weight excluding hydrogens is 259 g/mol. The van der Waals surface area contributed by atoms with Gasteiger partial charge in [-0.25, -0.2) is 4.39 Å². The number of rotatable bonds is 5. The molecule has 0 heterocycles. The lowest BCUT2D eigenvalue weighted by molar-refractivity contribution is 0.191. The minimum Gasteiger partial charge on any atom is -0.494 e. The van der Waals surface area contributed by atoms with E-state index in [9.17, 15) is 9.50 Å². The second-order valence-corrected chi connectivity index (χ2v) is 4.38. The molecule has 0 aliphatic heterocycles. The molecule has 2 rings (SSSR count). The number of nitrogens with one attached hydrogen (secondary N) is 1. The highest BCUT2D eigenvalue weighted by molar-refractivity contribution is 5.68. The summed E-state index contributed by atoms with van der Waals surface area (Å²) in [4.78, 5) is 0. The van der Waals surface area contributed by atoms with Crippen molar-refractivity contribution in [3.63, 3.8) is 0 Å². The summed E-state index contributed by atoms with van der Waals surface area (Å²) in [7, 11) is 1.39. The van der Waals surface area contributed by atoms with Gasteiger partial charge in [0.05, 0.1) is 24.6 Å². The SMILES string of the molecule is COc1cc(NCC(O)c2ccccc2)c(N)cc1F. The first-order valence-electron chi connectivity index (χ1n) is 6.21. The van der Waals surface area contributed by atoms with Crippen molar-refractivity contribution in [2.75, 3.05) is 24.7 Å². The Morgan fingerprint density at radius 1 is 1.30 bits per heavy atom. The minimum atomic E-state index is -0.674. The molecule has 2 aromatic carbocycles. The molecule has 0 aliphatic rings. The summed E-state index contributed by atoms with van der Waals surface area (Å²) in [6.07, 6.45) is -0.674. The molecule has 20 heavy (non-hydrogen) atoms. The fraction of sp³-hybridized carbons (Fsp3) is 0.200. The van der Waals surface area contributed by atoms with E-state index >= 15 is 0 Å². The maximum Gasteiger partial charge on any atom is 0.167 e. The van der Waals surface area contributed by atoms with Gasteiger partial charge in [-0.3, -0.25) is 0 Å². The van der Waals surface area contributed by atoms with Crippen LogP contribution in [0.3, 0.4) is 0 Å². The van der Waals surface area contributed by atoms with Crippen molar-refractivity contribution >= 4 is 11.4 Å². The topological polar surface area (TPSA) is 67.5 Å². The number of halogens is 1. The van der Waals surface area contributed by atoms with Gasteiger partial charge in [0.1, 0.15) is 0 Å². The first kappa shape index (κ1) is 14.1. The van der Waals surface area contributed by atoms with Gasteiger partial charge >= 0.3 is 0 Å². The van der Waals surface area contributed by atoms with E-state index in [0.717, 1.165) is 5.56 Å². The monoisotopic (exact) mass is 276 g/mol. The third-order valence-electron chi connectivity index (χ3n) is 2.99. The molecule has 4 nitrogen and oxygen atoms in total. The number of methoxy groups -OCH3 is 1. The van der Waals surface area contributed by atoms with Gasteiger partial charge in [-0.05, 0) is 5.56 Å². The van der Waals surface area contributed by atoms with Crippen molar-refractivity contribution < 1.29 is 14.2 Å². The third-order valence-corrected chi connectivity index (χ3v) is 2.99. The summed E-state index contributed by atoms with van der Waals surface area (Å²) in [5.41, 5.74) is 7.32. The molecule has 5 heteroatoms. The number of ether oxygens (including phenoxy) is 1. The lowest BCUT2D eigenvalue weighted by Crippen LogP contribution is -2.13. The van der Waals surface area contributed by atoms with Gasteiger partial charge in [-0.15, -0.1) is 0 Å². The zero-order valence-electron chi connectivity index (χ0n) is 11.1. The molecule has 106 valence electrons. The summed E-state index contributed by atoms with van der Waals surface area (Å²) in [6.45, 7) is 0.267. The average Bonchev–Trinajstić information content (AvgIpc) is 2.47. The molecule has 0 bridgehead atoms. The largest absolute Gasteiger partial charge is 0.494 e. The Morgan fingerprint density at radius 2 is 2.00 bits per heavy atom. The predicted molar refractivity (Wildman–Crippen MR) is 77.3 cm³/mol. The number of hydrogen-bond acceptors (Lipinski definition) is 4. The second kappa shape index (κ2) is 6.25. The lowest BCUT2D eigenvalue weighted by atomic mass is 10.1. The number of anilines is 2. The molecule has 2 aromatic rings. The zero-order chi connectivity index (χ0) is 14.5. The molecule has 0 fully saturated rings.